The molecule has 2 aliphatic heterocycles. The van der Waals surface area contributed by atoms with Crippen LogP contribution in [0.5, 0.6) is 11.5 Å². The minimum absolute atomic E-state index is 0.00191. The van der Waals surface area contributed by atoms with Crippen LogP contribution in [-0.2, 0) is 0 Å². The highest BCUT2D eigenvalue weighted by Gasteiger charge is 2.32. The molecule has 0 saturated carbocycles. The van der Waals surface area contributed by atoms with Crippen molar-refractivity contribution < 1.29 is 14.3 Å². The fraction of sp³-hybridized carbons (Fsp3) is 0.353. The highest BCUT2D eigenvalue weighted by molar-refractivity contribution is 5.95. The zero-order valence-corrected chi connectivity index (χ0v) is 12.9. The summed E-state index contributed by atoms with van der Waals surface area (Å²) >= 11 is 0. The first-order valence-electron chi connectivity index (χ1n) is 7.72. The van der Waals surface area contributed by atoms with E-state index in [1.54, 1.807) is 24.4 Å². The maximum Gasteiger partial charge on any atom is 0.254 e. The maximum atomic E-state index is 12.9. The zero-order chi connectivity index (χ0) is 15.8. The van der Waals surface area contributed by atoms with E-state index in [9.17, 15) is 4.79 Å². The van der Waals surface area contributed by atoms with Crippen LogP contribution in [0.15, 0.2) is 30.5 Å². The standard InChI is InChI=1S/C17H17N3O3/c1-11-18-7-6-13(19-11)14-3-2-8-20(14)17(21)12-4-5-15-16(9-12)23-10-22-15/h4-7,9,14H,2-3,8,10H2,1H3/t14-/m1/s1. The fourth-order valence-electron chi connectivity index (χ4n) is 3.17. The molecule has 2 aliphatic rings. The molecule has 0 spiro atoms. The normalized spacial score (nSPS) is 19.2. The van der Waals surface area contributed by atoms with Crippen molar-refractivity contribution >= 4 is 5.91 Å². The summed E-state index contributed by atoms with van der Waals surface area (Å²) in [5.74, 6) is 2.04. The van der Waals surface area contributed by atoms with Gasteiger partial charge in [0, 0.05) is 18.3 Å². The van der Waals surface area contributed by atoms with Crippen LogP contribution >= 0.6 is 0 Å². The molecule has 0 radical (unpaired) electrons. The number of aryl methyl sites for hydroxylation is 1. The molecule has 1 fully saturated rings. The number of fused-ring (bicyclic) bond motifs is 1. The van der Waals surface area contributed by atoms with E-state index in [0.717, 1.165) is 30.9 Å². The first-order chi connectivity index (χ1) is 11.2. The molecule has 1 aromatic heterocycles. The molecule has 0 bridgehead atoms. The average Bonchev–Trinajstić information content (AvgIpc) is 3.22. The minimum atomic E-state index is 0.00191. The molecule has 0 unspecified atom stereocenters. The number of hydrogen-bond donors (Lipinski definition) is 0. The number of carbonyl (C=O) groups excluding carboxylic acids is 1. The number of carbonyl (C=O) groups is 1. The van der Waals surface area contributed by atoms with Crippen LogP contribution in [0.4, 0.5) is 0 Å². The van der Waals surface area contributed by atoms with E-state index >= 15 is 0 Å². The molecule has 3 heterocycles. The van der Waals surface area contributed by atoms with Crippen molar-refractivity contribution in [2.24, 2.45) is 0 Å². The van der Waals surface area contributed by atoms with Gasteiger partial charge in [0.05, 0.1) is 11.7 Å². The van der Waals surface area contributed by atoms with Gasteiger partial charge >= 0.3 is 0 Å². The Kier molecular flexibility index (Phi) is 3.37. The SMILES string of the molecule is Cc1nccc([C@H]2CCCN2C(=O)c2ccc3c(c2)OCO3)n1. The summed E-state index contributed by atoms with van der Waals surface area (Å²) < 4.78 is 10.7. The summed E-state index contributed by atoms with van der Waals surface area (Å²) in [5.41, 5.74) is 1.52. The fourth-order valence-corrected chi connectivity index (χ4v) is 3.17. The Labute approximate surface area is 134 Å². The molecule has 0 N–H and O–H groups in total. The number of likely N-dealkylation sites (tertiary alicyclic amines) is 1. The maximum absolute atomic E-state index is 12.9. The van der Waals surface area contributed by atoms with Crippen LogP contribution in [0.2, 0.25) is 0 Å². The van der Waals surface area contributed by atoms with Crippen LogP contribution in [0.25, 0.3) is 0 Å². The first kappa shape index (κ1) is 14.0. The lowest BCUT2D eigenvalue weighted by Crippen LogP contribution is -2.31. The largest absolute Gasteiger partial charge is 0.454 e. The monoisotopic (exact) mass is 311 g/mol. The number of nitrogens with zero attached hydrogens (tertiary/aromatic N) is 3. The van der Waals surface area contributed by atoms with Gasteiger partial charge in [-0.2, -0.15) is 0 Å². The van der Waals surface area contributed by atoms with E-state index in [-0.39, 0.29) is 18.7 Å². The Bertz CT molecular complexity index is 762. The number of rotatable bonds is 2. The lowest BCUT2D eigenvalue weighted by molar-refractivity contribution is 0.0732. The molecule has 0 aliphatic carbocycles. The van der Waals surface area contributed by atoms with Gasteiger partial charge < -0.3 is 14.4 Å². The highest BCUT2D eigenvalue weighted by Crippen LogP contribution is 2.35. The Balaban J connectivity index is 1.62. The molecular weight excluding hydrogens is 294 g/mol. The summed E-state index contributed by atoms with van der Waals surface area (Å²) in [7, 11) is 0. The second-order valence-corrected chi connectivity index (χ2v) is 5.75. The predicted molar refractivity (Wildman–Crippen MR) is 82.3 cm³/mol. The number of aromatic nitrogens is 2. The van der Waals surface area contributed by atoms with Gasteiger partial charge in [-0.3, -0.25) is 4.79 Å². The van der Waals surface area contributed by atoms with Crippen molar-refractivity contribution in [1.29, 1.82) is 0 Å². The molecule has 2 aromatic rings. The van der Waals surface area contributed by atoms with Crippen molar-refractivity contribution in [2.75, 3.05) is 13.3 Å². The van der Waals surface area contributed by atoms with E-state index in [2.05, 4.69) is 9.97 Å². The third-order valence-electron chi connectivity index (χ3n) is 4.27. The van der Waals surface area contributed by atoms with E-state index in [1.807, 2.05) is 17.9 Å². The molecule has 1 atom stereocenters. The lowest BCUT2D eigenvalue weighted by Gasteiger charge is -2.24. The summed E-state index contributed by atoms with van der Waals surface area (Å²) in [6, 6.07) is 7.23. The molecular formula is C17H17N3O3. The van der Waals surface area contributed by atoms with Gasteiger partial charge in [-0.15, -0.1) is 0 Å². The van der Waals surface area contributed by atoms with Gasteiger partial charge in [0.25, 0.3) is 5.91 Å². The second-order valence-electron chi connectivity index (χ2n) is 5.75. The number of benzene rings is 1. The highest BCUT2D eigenvalue weighted by atomic mass is 16.7. The van der Waals surface area contributed by atoms with Crippen LogP contribution < -0.4 is 9.47 Å². The third-order valence-corrected chi connectivity index (χ3v) is 4.27. The number of amides is 1. The minimum Gasteiger partial charge on any atom is -0.454 e. The van der Waals surface area contributed by atoms with Crippen molar-refractivity contribution in [1.82, 2.24) is 14.9 Å². The summed E-state index contributed by atoms with van der Waals surface area (Å²) in [4.78, 5) is 23.4. The van der Waals surface area contributed by atoms with Gasteiger partial charge in [0.1, 0.15) is 5.82 Å². The average molecular weight is 311 g/mol. The Morgan fingerprint density at radius 1 is 1.26 bits per heavy atom. The first-order valence-corrected chi connectivity index (χ1v) is 7.72. The zero-order valence-electron chi connectivity index (χ0n) is 12.9. The van der Waals surface area contributed by atoms with E-state index in [4.69, 9.17) is 9.47 Å². The number of hydrogen-bond acceptors (Lipinski definition) is 5. The van der Waals surface area contributed by atoms with Crippen LogP contribution in [0.3, 0.4) is 0 Å². The van der Waals surface area contributed by atoms with Crippen molar-refractivity contribution in [3.63, 3.8) is 0 Å². The molecule has 1 aromatic carbocycles. The summed E-state index contributed by atoms with van der Waals surface area (Å²) in [6.45, 7) is 2.81. The van der Waals surface area contributed by atoms with E-state index in [1.165, 1.54) is 0 Å². The summed E-state index contributed by atoms with van der Waals surface area (Å²) in [5, 5.41) is 0. The van der Waals surface area contributed by atoms with Crippen molar-refractivity contribution in [3.05, 3.63) is 47.5 Å². The molecule has 118 valence electrons. The Morgan fingerprint density at radius 2 is 2.13 bits per heavy atom. The van der Waals surface area contributed by atoms with Crippen LogP contribution in [-0.4, -0.2) is 34.1 Å². The molecule has 6 heteroatoms. The van der Waals surface area contributed by atoms with Gasteiger partial charge in [-0.1, -0.05) is 0 Å². The third kappa shape index (κ3) is 2.50. The molecule has 4 rings (SSSR count). The van der Waals surface area contributed by atoms with Crippen LogP contribution in [0, 0.1) is 6.92 Å². The van der Waals surface area contributed by atoms with Crippen molar-refractivity contribution in [2.45, 2.75) is 25.8 Å². The Morgan fingerprint density at radius 3 is 3.00 bits per heavy atom. The Hall–Kier alpha value is -2.63. The van der Waals surface area contributed by atoms with Crippen molar-refractivity contribution in [3.8, 4) is 11.5 Å². The molecule has 1 amide bonds. The molecule has 23 heavy (non-hydrogen) atoms. The summed E-state index contributed by atoms with van der Waals surface area (Å²) in [6.07, 6.45) is 3.65. The second kappa shape index (κ2) is 5.53. The molecule has 6 nitrogen and oxygen atoms in total. The predicted octanol–water partition coefficient (Wildman–Crippen LogP) is 2.49. The topological polar surface area (TPSA) is 64.6 Å². The smallest absolute Gasteiger partial charge is 0.254 e. The van der Waals surface area contributed by atoms with E-state index in [0.29, 0.717) is 17.1 Å². The molecule has 1 saturated heterocycles. The quantitative estimate of drug-likeness (QED) is 0.852. The van der Waals surface area contributed by atoms with Crippen LogP contribution in [0.1, 0.15) is 40.8 Å². The lowest BCUT2D eigenvalue weighted by atomic mass is 10.1. The van der Waals surface area contributed by atoms with Gasteiger partial charge in [-0.05, 0) is 44.0 Å². The number of ether oxygens (including phenoxy) is 2. The van der Waals surface area contributed by atoms with E-state index < -0.39 is 0 Å². The van der Waals surface area contributed by atoms with Gasteiger partial charge in [-0.25, -0.2) is 9.97 Å². The van der Waals surface area contributed by atoms with Gasteiger partial charge in [0.15, 0.2) is 11.5 Å². The van der Waals surface area contributed by atoms with Gasteiger partial charge in [0.2, 0.25) is 6.79 Å².